The minimum absolute atomic E-state index is 0.0759. The molecule has 0 amide bonds. The lowest BCUT2D eigenvalue weighted by molar-refractivity contribution is -0.408. The van der Waals surface area contributed by atoms with E-state index >= 15 is 0 Å². The molecule has 1 saturated heterocycles. The van der Waals surface area contributed by atoms with Gasteiger partial charge in [0.25, 0.3) is 0 Å². The Morgan fingerprint density at radius 2 is 2.10 bits per heavy atom. The fourth-order valence-corrected chi connectivity index (χ4v) is 4.34. The first-order valence-electron chi connectivity index (χ1n) is 7.03. The van der Waals surface area contributed by atoms with Gasteiger partial charge in [-0.25, -0.2) is 9.78 Å². The Hall–Kier alpha value is -0.970. The van der Waals surface area contributed by atoms with Gasteiger partial charge in [0.1, 0.15) is 11.7 Å². The van der Waals surface area contributed by atoms with E-state index in [1.807, 2.05) is 37.3 Å². The second kappa shape index (κ2) is 5.43. The van der Waals surface area contributed by atoms with Gasteiger partial charge in [-0.1, -0.05) is 24.3 Å². The summed E-state index contributed by atoms with van der Waals surface area (Å²) in [5.74, 6) is 0.846. The van der Waals surface area contributed by atoms with Crippen molar-refractivity contribution in [2.75, 3.05) is 5.75 Å². The van der Waals surface area contributed by atoms with Crippen LogP contribution in [0.25, 0.3) is 0 Å². The highest BCUT2D eigenvalue weighted by molar-refractivity contribution is 7.85. The molecule has 4 heteroatoms. The molecule has 0 saturated carbocycles. The second-order valence-corrected chi connectivity index (χ2v) is 7.35. The van der Waals surface area contributed by atoms with Crippen molar-refractivity contribution < 1.29 is 14.0 Å². The zero-order chi connectivity index (χ0) is 14.2. The molecule has 3 rings (SSSR count). The Balaban J connectivity index is 1.75. The molecule has 1 heterocycles. The molecule has 0 radical (unpaired) electrons. The summed E-state index contributed by atoms with van der Waals surface area (Å²) in [5.41, 5.74) is 0.765. The van der Waals surface area contributed by atoms with E-state index in [9.17, 15) is 4.21 Å². The lowest BCUT2D eigenvalue weighted by atomic mass is 9.77. The van der Waals surface area contributed by atoms with E-state index in [0.29, 0.717) is 11.7 Å². The normalized spacial score (nSPS) is 34.4. The largest absolute Gasteiger partial charge is 0.254 e. The van der Waals surface area contributed by atoms with Crippen LogP contribution in [-0.2, 0) is 20.6 Å². The van der Waals surface area contributed by atoms with Crippen molar-refractivity contribution in [3.63, 3.8) is 0 Å². The van der Waals surface area contributed by atoms with Crippen molar-refractivity contribution in [2.24, 2.45) is 5.92 Å². The van der Waals surface area contributed by atoms with Gasteiger partial charge in [-0.3, -0.25) is 4.21 Å². The first-order valence-corrected chi connectivity index (χ1v) is 8.35. The molecular weight excluding hydrogens is 272 g/mol. The number of hydrogen-bond acceptors (Lipinski definition) is 3. The van der Waals surface area contributed by atoms with Gasteiger partial charge in [-0.05, 0) is 50.3 Å². The highest BCUT2D eigenvalue weighted by atomic mass is 32.2. The maximum atomic E-state index is 12.5. The molecule has 3 nitrogen and oxygen atoms in total. The molecule has 1 aromatic rings. The first-order chi connectivity index (χ1) is 9.58. The summed E-state index contributed by atoms with van der Waals surface area (Å²) in [7, 11) is -1.06. The molecular formula is C16H20O3S. The third-order valence-corrected chi connectivity index (χ3v) is 6.01. The van der Waals surface area contributed by atoms with E-state index in [2.05, 4.69) is 13.0 Å². The fraction of sp³-hybridized carbons (Fsp3) is 0.500. The Morgan fingerprint density at radius 3 is 2.85 bits per heavy atom. The molecule has 2 unspecified atom stereocenters. The van der Waals surface area contributed by atoms with Gasteiger partial charge in [0.2, 0.25) is 0 Å². The molecule has 1 aliphatic heterocycles. The smallest absolute Gasteiger partial charge is 0.116 e. The Bertz CT molecular complexity index is 540. The lowest BCUT2D eigenvalue weighted by Gasteiger charge is -2.44. The standard InChI is InChI=1S/C16H20O3S/c1-12-8-9-13-10-15(12)18-19-16(13,2)11-20(17)14-6-4-3-5-7-14/h3-8,13,15H,9-11H2,1-2H3/t13-,15-,16?,20?/m0/s1. The molecule has 0 N–H and O–H groups in total. The Morgan fingerprint density at radius 1 is 1.35 bits per heavy atom. The maximum absolute atomic E-state index is 12.5. The average Bonchev–Trinajstić information content (AvgIpc) is 2.47. The van der Waals surface area contributed by atoms with Crippen LogP contribution in [0.1, 0.15) is 26.7 Å². The fourth-order valence-electron chi connectivity index (χ4n) is 2.91. The topological polar surface area (TPSA) is 35.5 Å². The van der Waals surface area contributed by atoms with Crippen LogP contribution in [0.15, 0.2) is 46.9 Å². The molecule has 1 aromatic carbocycles. The number of allylic oxidation sites excluding steroid dienone is 1. The molecule has 0 aromatic heterocycles. The highest BCUT2D eigenvalue weighted by Gasteiger charge is 2.45. The SMILES string of the molecule is CC1=CC[C@H]2C[C@@H]1OOC2(C)CS(=O)c1ccccc1. The van der Waals surface area contributed by atoms with Gasteiger partial charge in [0.15, 0.2) is 0 Å². The number of hydrogen-bond donors (Lipinski definition) is 0. The van der Waals surface area contributed by atoms with Crippen LogP contribution in [0.2, 0.25) is 0 Å². The summed E-state index contributed by atoms with van der Waals surface area (Å²) in [6.45, 7) is 4.10. The van der Waals surface area contributed by atoms with Gasteiger partial charge in [0.05, 0.1) is 16.6 Å². The predicted molar refractivity (Wildman–Crippen MR) is 78.6 cm³/mol. The van der Waals surface area contributed by atoms with Gasteiger partial charge < -0.3 is 0 Å². The zero-order valence-corrected chi connectivity index (χ0v) is 12.7. The van der Waals surface area contributed by atoms with E-state index in [1.54, 1.807) is 0 Å². The summed E-state index contributed by atoms with van der Waals surface area (Å²) in [6, 6.07) is 9.56. The predicted octanol–water partition coefficient (Wildman–Crippen LogP) is 3.24. The summed E-state index contributed by atoms with van der Waals surface area (Å²) in [4.78, 5) is 12.0. The summed E-state index contributed by atoms with van der Waals surface area (Å²) < 4.78 is 12.5. The molecule has 20 heavy (non-hydrogen) atoms. The number of benzene rings is 1. The second-order valence-electron chi connectivity index (χ2n) is 5.90. The highest BCUT2D eigenvalue weighted by Crippen LogP contribution is 2.41. The van der Waals surface area contributed by atoms with Crippen molar-refractivity contribution in [2.45, 2.75) is 43.3 Å². The van der Waals surface area contributed by atoms with E-state index < -0.39 is 16.4 Å². The van der Waals surface area contributed by atoms with Gasteiger partial charge >= 0.3 is 0 Å². The summed E-state index contributed by atoms with van der Waals surface area (Å²) in [5, 5.41) is 0. The molecule has 4 atom stereocenters. The van der Waals surface area contributed by atoms with Crippen LogP contribution in [0.5, 0.6) is 0 Å². The van der Waals surface area contributed by atoms with Gasteiger partial charge in [0, 0.05) is 4.90 Å². The Labute approximate surface area is 122 Å². The maximum Gasteiger partial charge on any atom is 0.116 e. The van der Waals surface area contributed by atoms with Crippen LogP contribution in [-0.4, -0.2) is 21.7 Å². The molecule has 2 bridgehead atoms. The van der Waals surface area contributed by atoms with Crippen LogP contribution in [0.3, 0.4) is 0 Å². The molecule has 1 fully saturated rings. The molecule has 0 spiro atoms. The first kappa shape index (κ1) is 14.0. The zero-order valence-electron chi connectivity index (χ0n) is 11.9. The van der Waals surface area contributed by atoms with Crippen molar-refractivity contribution in [1.82, 2.24) is 0 Å². The summed E-state index contributed by atoms with van der Waals surface area (Å²) >= 11 is 0. The van der Waals surface area contributed by atoms with E-state index in [1.165, 1.54) is 5.57 Å². The van der Waals surface area contributed by atoms with E-state index in [4.69, 9.17) is 9.78 Å². The molecule has 108 valence electrons. The lowest BCUT2D eigenvalue weighted by Crippen LogP contribution is -2.50. The van der Waals surface area contributed by atoms with Crippen LogP contribution in [0.4, 0.5) is 0 Å². The number of fused-ring (bicyclic) bond motifs is 2. The quantitative estimate of drug-likeness (QED) is 0.634. The van der Waals surface area contributed by atoms with E-state index in [-0.39, 0.29) is 6.10 Å². The third kappa shape index (κ3) is 2.60. The van der Waals surface area contributed by atoms with Crippen LogP contribution in [0, 0.1) is 5.92 Å². The van der Waals surface area contributed by atoms with Crippen LogP contribution >= 0.6 is 0 Å². The van der Waals surface area contributed by atoms with Gasteiger partial charge in [-0.15, -0.1) is 0 Å². The third-order valence-electron chi connectivity index (χ3n) is 4.37. The van der Waals surface area contributed by atoms with Crippen LogP contribution < -0.4 is 0 Å². The van der Waals surface area contributed by atoms with Crippen molar-refractivity contribution >= 4 is 10.8 Å². The van der Waals surface area contributed by atoms with E-state index in [0.717, 1.165) is 17.7 Å². The van der Waals surface area contributed by atoms with Crippen molar-refractivity contribution in [3.8, 4) is 0 Å². The Kier molecular flexibility index (Phi) is 3.80. The monoisotopic (exact) mass is 292 g/mol. The van der Waals surface area contributed by atoms with Gasteiger partial charge in [-0.2, -0.15) is 0 Å². The minimum atomic E-state index is -1.06. The summed E-state index contributed by atoms with van der Waals surface area (Å²) in [6.07, 6.45) is 4.25. The molecule has 1 aliphatic carbocycles. The van der Waals surface area contributed by atoms with Crippen molar-refractivity contribution in [1.29, 1.82) is 0 Å². The van der Waals surface area contributed by atoms with Crippen molar-refractivity contribution in [3.05, 3.63) is 42.0 Å². The number of rotatable bonds is 3. The average molecular weight is 292 g/mol. The molecule has 2 aliphatic rings. The minimum Gasteiger partial charge on any atom is -0.254 e.